The summed E-state index contributed by atoms with van der Waals surface area (Å²) in [5, 5.41) is 3.90. The van der Waals surface area contributed by atoms with Crippen LogP contribution >= 0.6 is 11.6 Å². The molecule has 1 aromatic rings. The zero-order chi connectivity index (χ0) is 13.9. The van der Waals surface area contributed by atoms with Gasteiger partial charge >= 0.3 is 0 Å². The van der Waals surface area contributed by atoms with Gasteiger partial charge in [-0.2, -0.15) is 0 Å². The molecule has 1 saturated heterocycles. The van der Waals surface area contributed by atoms with Gasteiger partial charge in [-0.25, -0.2) is 8.42 Å². The second-order valence-electron chi connectivity index (χ2n) is 4.76. The van der Waals surface area contributed by atoms with E-state index in [1.165, 1.54) is 0 Å². The molecular weight excluding hydrogens is 286 g/mol. The standard InChI is InChI=1S/C13H18ClNO3S/c1-18-13-6-2-5-12(14)11(13)8-15-10-4-3-7-19(16,17)9-10/h2,5-6,10,15H,3-4,7-9H2,1H3. The van der Waals surface area contributed by atoms with Gasteiger partial charge in [0.1, 0.15) is 5.75 Å². The topological polar surface area (TPSA) is 55.4 Å². The summed E-state index contributed by atoms with van der Waals surface area (Å²) in [6.07, 6.45) is 1.60. The molecule has 1 unspecified atom stereocenters. The maximum Gasteiger partial charge on any atom is 0.151 e. The number of halogens is 1. The monoisotopic (exact) mass is 303 g/mol. The molecule has 0 bridgehead atoms. The van der Waals surface area contributed by atoms with Crippen LogP contribution in [-0.4, -0.2) is 33.1 Å². The molecule has 106 valence electrons. The minimum Gasteiger partial charge on any atom is -0.496 e. The molecule has 1 atom stereocenters. The Bertz CT molecular complexity index is 545. The molecule has 1 aliphatic heterocycles. The van der Waals surface area contributed by atoms with Crippen LogP contribution < -0.4 is 10.1 Å². The van der Waals surface area contributed by atoms with Crippen LogP contribution in [0.4, 0.5) is 0 Å². The lowest BCUT2D eigenvalue weighted by molar-refractivity contribution is 0.404. The summed E-state index contributed by atoms with van der Waals surface area (Å²) in [6.45, 7) is 0.517. The van der Waals surface area contributed by atoms with Gasteiger partial charge in [0.25, 0.3) is 0 Å². The number of nitrogens with one attached hydrogen (secondary N) is 1. The van der Waals surface area contributed by atoms with E-state index in [1.807, 2.05) is 12.1 Å². The molecule has 19 heavy (non-hydrogen) atoms. The first-order valence-electron chi connectivity index (χ1n) is 6.27. The van der Waals surface area contributed by atoms with Gasteiger partial charge in [0, 0.05) is 23.2 Å². The highest BCUT2D eigenvalue weighted by molar-refractivity contribution is 7.91. The van der Waals surface area contributed by atoms with Crippen molar-refractivity contribution in [2.75, 3.05) is 18.6 Å². The maximum absolute atomic E-state index is 11.6. The number of hydrogen-bond donors (Lipinski definition) is 1. The van der Waals surface area contributed by atoms with Gasteiger partial charge in [-0.15, -0.1) is 0 Å². The number of methoxy groups -OCH3 is 1. The van der Waals surface area contributed by atoms with Crippen molar-refractivity contribution in [1.29, 1.82) is 0 Å². The predicted molar refractivity (Wildman–Crippen MR) is 76.5 cm³/mol. The van der Waals surface area contributed by atoms with E-state index in [1.54, 1.807) is 13.2 Å². The molecule has 1 N–H and O–H groups in total. The zero-order valence-corrected chi connectivity index (χ0v) is 12.4. The van der Waals surface area contributed by atoms with Crippen LogP contribution in [0.5, 0.6) is 5.75 Å². The fourth-order valence-corrected chi connectivity index (χ4v) is 4.24. The van der Waals surface area contributed by atoms with Crippen molar-refractivity contribution in [2.24, 2.45) is 0 Å². The first kappa shape index (κ1) is 14.6. The van der Waals surface area contributed by atoms with Gasteiger partial charge in [-0.05, 0) is 25.0 Å². The number of hydrogen-bond acceptors (Lipinski definition) is 4. The van der Waals surface area contributed by atoms with Crippen molar-refractivity contribution in [3.8, 4) is 5.75 Å². The van der Waals surface area contributed by atoms with Crippen LogP contribution in [0.3, 0.4) is 0 Å². The number of sulfone groups is 1. The molecule has 0 spiro atoms. The molecule has 6 heteroatoms. The van der Waals surface area contributed by atoms with Crippen LogP contribution in [0, 0.1) is 0 Å². The molecular formula is C13H18ClNO3S. The molecule has 0 aliphatic carbocycles. The zero-order valence-electron chi connectivity index (χ0n) is 10.9. The van der Waals surface area contributed by atoms with Gasteiger partial charge in [-0.1, -0.05) is 17.7 Å². The average molecular weight is 304 g/mol. The van der Waals surface area contributed by atoms with E-state index < -0.39 is 9.84 Å². The fourth-order valence-electron chi connectivity index (χ4n) is 2.33. The molecule has 0 saturated carbocycles. The van der Waals surface area contributed by atoms with Gasteiger partial charge in [0.05, 0.1) is 18.6 Å². The van der Waals surface area contributed by atoms with Crippen LogP contribution in [0.15, 0.2) is 18.2 Å². The van der Waals surface area contributed by atoms with E-state index in [2.05, 4.69) is 5.32 Å². The Hall–Kier alpha value is -0.780. The Morgan fingerprint density at radius 2 is 2.26 bits per heavy atom. The molecule has 2 rings (SSSR count). The Kier molecular flexibility index (Phi) is 4.71. The normalized spacial score (nSPS) is 22.1. The molecule has 1 fully saturated rings. The smallest absolute Gasteiger partial charge is 0.151 e. The third-order valence-corrected chi connectivity index (χ3v) is 5.50. The van der Waals surface area contributed by atoms with Crippen molar-refractivity contribution in [1.82, 2.24) is 5.32 Å². The van der Waals surface area contributed by atoms with E-state index in [-0.39, 0.29) is 11.8 Å². The van der Waals surface area contributed by atoms with Gasteiger partial charge in [0.15, 0.2) is 9.84 Å². The van der Waals surface area contributed by atoms with E-state index in [9.17, 15) is 8.42 Å². The molecule has 1 aromatic carbocycles. The number of ether oxygens (including phenoxy) is 1. The molecule has 1 heterocycles. The summed E-state index contributed by atoms with van der Waals surface area (Å²) in [7, 11) is -1.29. The number of benzene rings is 1. The molecule has 1 aliphatic rings. The van der Waals surface area contributed by atoms with E-state index >= 15 is 0 Å². The van der Waals surface area contributed by atoms with Crippen LogP contribution in [0.25, 0.3) is 0 Å². The van der Waals surface area contributed by atoms with Gasteiger partial charge in [0.2, 0.25) is 0 Å². The van der Waals surface area contributed by atoms with Crippen molar-refractivity contribution >= 4 is 21.4 Å². The quantitative estimate of drug-likeness (QED) is 0.924. The Morgan fingerprint density at radius 3 is 2.95 bits per heavy atom. The summed E-state index contributed by atoms with van der Waals surface area (Å²) in [4.78, 5) is 0. The minimum absolute atomic E-state index is 0.000251. The lowest BCUT2D eigenvalue weighted by Crippen LogP contribution is -2.39. The predicted octanol–water partition coefficient (Wildman–Crippen LogP) is 2.02. The van der Waals surface area contributed by atoms with Crippen molar-refractivity contribution < 1.29 is 13.2 Å². The summed E-state index contributed by atoms with van der Waals surface area (Å²) in [6, 6.07) is 5.48. The second-order valence-corrected chi connectivity index (χ2v) is 7.39. The summed E-state index contributed by atoms with van der Waals surface area (Å²) >= 11 is 6.14. The van der Waals surface area contributed by atoms with Crippen LogP contribution in [0.2, 0.25) is 5.02 Å². The minimum atomic E-state index is -2.89. The lowest BCUT2D eigenvalue weighted by Gasteiger charge is -2.23. The van der Waals surface area contributed by atoms with E-state index in [0.717, 1.165) is 24.2 Å². The fraction of sp³-hybridized carbons (Fsp3) is 0.538. The van der Waals surface area contributed by atoms with Crippen LogP contribution in [0.1, 0.15) is 18.4 Å². The largest absolute Gasteiger partial charge is 0.496 e. The first-order chi connectivity index (χ1) is 9.02. The van der Waals surface area contributed by atoms with Crippen molar-refractivity contribution in [3.63, 3.8) is 0 Å². The van der Waals surface area contributed by atoms with Gasteiger partial charge < -0.3 is 10.1 Å². The molecule has 4 nitrogen and oxygen atoms in total. The average Bonchev–Trinajstić information content (AvgIpc) is 2.36. The van der Waals surface area contributed by atoms with Crippen molar-refractivity contribution in [2.45, 2.75) is 25.4 Å². The van der Waals surface area contributed by atoms with Crippen molar-refractivity contribution in [3.05, 3.63) is 28.8 Å². The maximum atomic E-state index is 11.6. The van der Waals surface area contributed by atoms with Crippen LogP contribution in [-0.2, 0) is 16.4 Å². The molecule has 0 amide bonds. The second kappa shape index (κ2) is 6.11. The first-order valence-corrected chi connectivity index (χ1v) is 8.47. The molecule has 0 aromatic heterocycles. The Labute approximate surface area is 119 Å². The highest BCUT2D eigenvalue weighted by Crippen LogP contribution is 2.26. The third kappa shape index (κ3) is 3.84. The van der Waals surface area contributed by atoms with E-state index in [4.69, 9.17) is 16.3 Å². The van der Waals surface area contributed by atoms with E-state index in [0.29, 0.717) is 17.3 Å². The summed E-state index contributed by atoms with van der Waals surface area (Å²) in [5.41, 5.74) is 0.870. The lowest BCUT2D eigenvalue weighted by atomic mass is 10.1. The summed E-state index contributed by atoms with van der Waals surface area (Å²) in [5.74, 6) is 1.24. The Morgan fingerprint density at radius 1 is 1.47 bits per heavy atom. The highest BCUT2D eigenvalue weighted by atomic mass is 35.5. The van der Waals surface area contributed by atoms with Gasteiger partial charge in [-0.3, -0.25) is 0 Å². The summed E-state index contributed by atoms with van der Waals surface area (Å²) < 4.78 is 28.4. The number of rotatable bonds is 4. The molecule has 0 radical (unpaired) electrons. The SMILES string of the molecule is COc1cccc(Cl)c1CNC1CCCS(=O)(=O)C1. The Balaban J connectivity index is 2.03. The third-order valence-electron chi connectivity index (χ3n) is 3.33. The highest BCUT2D eigenvalue weighted by Gasteiger charge is 2.24.